The van der Waals surface area contributed by atoms with Crippen molar-refractivity contribution in [1.82, 2.24) is 14.9 Å². The van der Waals surface area contributed by atoms with Crippen LogP contribution >= 0.6 is 0 Å². The number of sulfonamides is 1. The van der Waals surface area contributed by atoms with Gasteiger partial charge in [0, 0.05) is 19.2 Å². The molecule has 1 fully saturated rings. The van der Waals surface area contributed by atoms with Crippen LogP contribution in [0, 0.1) is 0 Å². The van der Waals surface area contributed by atoms with Gasteiger partial charge in [0.05, 0.1) is 18.0 Å². The first-order chi connectivity index (χ1) is 15.9. The van der Waals surface area contributed by atoms with Crippen LogP contribution in [0.25, 0.3) is 0 Å². The summed E-state index contributed by atoms with van der Waals surface area (Å²) in [6.45, 7) is 1.19. The highest BCUT2D eigenvalue weighted by molar-refractivity contribution is 7.89. The largest absolute Gasteiger partial charge is 0.486 e. The molecule has 10 nitrogen and oxygen atoms in total. The number of ether oxygens (including phenoxy) is 3. The molecule has 1 atom stereocenters. The van der Waals surface area contributed by atoms with E-state index in [9.17, 15) is 18.0 Å². The zero-order valence-corrected chi connectivity index (χ0v) is 18.7. The number of nitrogens with one attached hydrogen (secondary N) is 2. The number of rotatable bonds is 7. The van der Waals surface area contributed by atoms with Gasteiger partial charge in [0.2, 0.25) is 10.0 Å². The fourth-order valence-corrected chi connectivity index (χ4v) is 5.09. The predicted octanol–water partition coefficient (Wildman–Crippen LogP) is 0.280. The van der Waals surface area contributed by atoms with Crippen molar-refractivity contribution in [3.05, 3.63) is 54.1 Å². The van der Waals surface area contributed by atoms with E-state index in [4.69, 9.17) is 14.2 Å². The van der Waals surface area contributed by atoms with E-state index in [0.29, 0.717) is 37.7 Å². The molecule has 2 aromatic rings. The maximum atomic E-state index is 13.1. The summed E-state index contributed by atoms with van der Waals surface area (Å²) in [5.74, 6) is -0.792. The first kappa shape index (κ1) is 23.0. The van der Waals surface area contributed by atoms with Crippen molar-refractivity contribution in [2.45, 2.75) is 17.5 Å². The Bertz CT molecular complexity index is 1110. The lowest BCUT2D eigenvalue weighted by Crippen LogP contribution is -2.47. The molecule has 2 aromatic carbocycles. The Hall–Kier alpha value is -3.15. The van der Waals surface area contributed by atoms with Crippen LogP contribution in [0.1, 0.15) is 5.56 Å². The molecule has 0 radical (unpaired) electrons. The molecule has 2 heterocycles. The Labute approximate surface area is 191 Å². The lowest BCUT2D eigenvalue weighted by molar-refractivity contribution is -0.139. The maximum absolute atomic E-state index is 13.1. The van der Waals surface area contributed by atoms with Gasteiger partial charge in [0.15, 0.2) is 11.5 Å². The monoisotopic (exact) mass is 475 g/mol. The molecular formula is C22H25N3O7S. The fraction of sp³-hybridized carbons (Fsp3) is 0.364. The zero-order valence-electron chi connectivity index (χ0n) is 17.9. The minimum Gasteiger partial charge on any atom is -0.486 e. The number of hydrogen-bond acceptors (Lipinski definition) is 7. The molecular weight excluding hydrogens is 450 g/mol. The number of carbonyl (C=O) groups is 2. The second-order valence-corrected chi connectivity index (χ2v) is 9.34. The van der Waals surface area contributed by atoms with E-state index in [2.05, 4.69) is 10.6 Å². The van der Waals surface area contributed by atoms with Crippen LogP contribution in [0.15, 0.2) is 53.4 Å². The summed E-state index contributed by atoms with van der Waals surface area (Å²) in [5, 5.41) is 5.00. The van der Waals surface area contributed by atoms with Crippen LogP contribution in [0.3, 0.4) is 0 Å². The third-order valence-corrected chi connectivity index (χ3v) is 7.13. The Morgan fingerprint density at radius 3 is 2.45 bits per heavy atom. The summed E-state index contributed by atoms with van der Waals surface area (Å²) in [6, 6.07) is 14.0. The number of fused-ring (bicyclic) bond motifs is 1. The summed E-state index contributed by atoms with van der Waals surface area (Å²) in [5.41, 5.74) is 1.04. The highest BCUT2D eigenvalue weighted by atomic mass is 32.2. The Morgan fingerprint density at radius 2 is 1.67 bits per heavy atom. The standard InChI is InChI=1S/C22H25N3O7S/c26-21(23-9-8-16-4-2-1-3-5-16)22(27)24-15-20-25(10-11-32-20)33(28,29)17-6-7-18-19(14-17)31-13-12-30-18/h1-7,14,20H,8-13,15H2,(H,23,26)(H,24,27)/t20-/m1/s1. The summed E-state index contributed by atoms with van der Waals surface area (Å²) in [4.78, 5) is 24.2. The first-order valence-corrected chi connectivity index (χ1v) is 12.0. The van der Waals surface area contributed by atoms with Gasteiger partial charge in [0.1, 0.15) is 19.4 Å². The van der Waals surface area contributed by atoms with Crippen LogP contribution in [0.4, 0.5) is 0 Å². The molecule has 2 N–H and O–H groups in total. The van der Waals surface area contributed by atoms with E-state index in [1.54, 1.807) is 6.07 Å². The molecule has 2 aliphatic rings. The van der Waals surface area contributed by atoms with Gasteiger partial charge < -0.3 is 24.8 Å². The average Bonchev–Trinajstić information content (AvgIpc) is 3.32. The minimum absolute atomic E-state index is 0.0345. The van der Waals surface area contributed by atoms with Crippen molar-refractivity contribution in [3.63, 3.8) is 0 Å². The molecule has 11 heteroatoms. The molecule has 0 saturated carbocycles. The molecule has 0 aromatic heterocycles. The van der Waals surface area contributed by atoms with E-state index in [0.717, 1.165) is 9.87 Å². The van der Waals surface area contributed by atoms with E-state index in [1.807, 2.05) is 30.3 Å². The summed E-state index contributed by atoms with van der Waals surface area (Å²) in [7, 11) is -3.91. The lowest BCUT2D eigenvalue weighted by atomic mass is 10.1. The number of benzene rings is 2. The van der Waals surface area contributed by atoms with Gasteiger partial charge in [-0.1, -0.05) is 30.3 Å². The van der Waals surface area contributed by atoms with Crippen LogP contribution < -0.4 is 20.1 Å². The fourth-order valence-electron chi connectivity index (χ4n) is 3.57. The van der Waals surface area contributed by atoms with E-state index in [-0.39, 0.29) is 24.6 Å². The lowest BCUT2D eigenvalue weighted by Gasteiger charge is -2.24. The van der Waals surface area contributed by atoms with Crippen molar-refractivity contribution in [1.29, 1.82) is 0 Å². The van der Waals surface area contributed by atoms with Gasteiger partial charge in [-0.2, -0.15) is 4.31 Å². The van der Waals surface area contributed by atoms with Crippen molar-refractivity contribution in [3.8, 4) is 11.5 Å². The molecule has 0 bridgehead atoms. The van der Waals surface area contributed by atoms with Gasteiger partial charge in [-0.3, -0.25) is 9.59 Å². The number of carbonyl (C=O) groups excluding carboxylic acids is 2. The second kappa shape index (κ2) is 10.2. The van der Waals surface area contributed by atoms with E-state index in [1.165, 1.54) is 12.1 Å². The van der Waals surface area contributed by atoms with Gasteiger partial charge >= 0.3 is 11.8 Å². The van der Waals surface area contributed by atoms with E-state index < -0.39 is 28.1 Å². The molecule has 176 valence electrons. The highest BCUT2D eigenvalue weighted by Gasteiger charge is 2.37. The van der Waals surface area contributed by atoms with Crippen molar-refractivity contribution < 1.29 is 32.2 Å². The van der Waals surface area contributed by atoms with Gasteiger partial charge in [-0.05, 0) is 24.1 Å². The summed E-state index contributed by atoms with van der Waals surface area (Å²) < 4.78 is 43.9. The number of amides is 2. The third-order valence-electron chi connectivity index (χ3n) is 5.25. The van der Waals surface area contributed by atoms with Crippen molar-refractivity contribution >= 4 is 21.8 Å². The molecule has 0 aliphatic carbocycles. The molecule has 1 saturated heterocycles. The molecule has 0 unspecified atom stereocenters. The molecule has 33 heavy (non-hydrogen) atoms. The Morgan fingerprint density at radius 1 is 0.939 bits per heavy atom. The molecule has 0 spiro atoms. The average molecular weight is 476 g/mol. The van der Waals surface area contributed by atoms with Gasteiger partial charge in [-0.25, -0.2) is 8.42 Å². The van der Waals surface area contributed by atoms with Crippen LogP contribution in [-0.2, 0) is 30.8 Å². The maximum Gasteiger partial charge on any atom is 0.309 e. The Balaban J connectivity index is 1.31. The molecule has 2 aliphatic heterocycles. The smallest absolute Gasteiger partial charge is 0.309 e. The normalized spacial score (nSPS) is 18.0. The quantitative estimate of drug-likeness (QED) is 0.552. The van der Waals surface area contributed by atoms with Gasteiger partial charge in [0.25, 0.3) is 0 Å². The van der Waals surface area contributed by atoms with Crippen molar-refractivity contribution in [2.75, 3.05) is 39.5 Å². The topological polar surface area (TPSA) is 123 Å². The summed E-state index contributed by atoms with van der Waals surface area (Å²) in [6.07, 6.45) is -0.336. The molecule has 4 rings (SSSR count). The van der Waals surface area contributed by atoms with Crippen LogP contribution in [0.2, 0.25) is 0 Å². The zero-order chi connectivity index (χ0) is 23.3. The summed E-state index contributed by atoms with van der Waals surface area (Å²) >= 11 is 0. The minimum atomic E-state index is -3.91. The van der Waals surface area contributed by atoms with Crippen LogP contribution in [-0.4, -0.2) is 70.2 Å². The number of nitrogens with zero attached hydrogens (tertiary/aromatic N) is 1. The SMILES string of the molecule is O=C(NCCc1ccccc1)C(=O)NC[C@H]1OCCN1S(=O)(=O)c1ccc2c(c1)OCCO2. The highest BCUT2D eigenvalue weighted by Crippen LogP contribution is 2.34. The van der Waals surface area contributed by atoms with Crippen LogP contribution in [0.5, 0.6) is 11.5 Å². The number of hydrogen-bond donors (Lipinski definition) is 2. The van der Waals surface area contributed by atoms with Crippen molar-refractivity contribution in [2.24, 2.45) is 0 Å². The van der Waals surface area contributed by atoms with Gasteiger partial charge in [-0.15, -0.1) is 0 Å². The second-order valence-electron chi connectivity index (χ2n) is 7.45. The molecule has 2 amide bonds. The predicted molar refractivity (Wildman–Crippen MR) is 117 cm³/mol. The van der Waals surface area contributed by atoms with E-state index >= 15 is 0 Å². The first-order valence-electron chi connectivity index (χ1n) is 10.6. The third kappa shape index (κ3) is 5.44. The Kier molecular flexibility index (Phi) is 7.11.